The van der Waals surface area contributed by atoms with Crippen molar-refractivity contribution in [2.45, 2.75) is 32.0 Å². The molecule has 2 unspecified atom stereocenters. The van der Waals surface area contributed by atoms with Gasteiger partial charge in [-0.05, 0) is 30.7 Å². The van der Waals surface area contributed by atoms with E-state index in [9.17, 15) is 9.90 Å². The molecular formula is C24H33NO6. The maximum Gasteiger partial charge on any atom is 0.203 e. The van der Waals surface area contributed by atoms with E-state index < -0.39 is 12.2 Å². The van der Waals surface area contributed by atoms with Crippen molar-refractivity contribution >= 4 is 5.78 Å². The number of ether oxygens (including phenoxy) is 4. The summed E-state index contributed by atoms with van der Waals surface area (Å²) in [5.41, 5.74) is 1.35. The molecule has 0 heterocycles. The molecule has 0 aliphatic carbocycles. The number of aliphatic hydroxyl groups is 1. The number of nitrogens with one attached hydrogen (secondary N) is 1. The van der Waals surface area contributed by atoms with Crippen molar-refractivity contribution < 1.29 is 28.8 Å². The lowest BCUT2D eigenvalue weighted by Crippen LogP contribution is -2.35. The molecule has 0 aliphatic rings. The minimum atomic E-state index is -0.772. The van der Waals surface area contributed by atoms with Crippen LogP contribution in [0, 0.1) is 0 Å². The average Bonchev–Trinajstić information content (AvgIpc) is 2.81. The molecule has 0 aliphatic heterocycles. The highest BCUT2D eigenvalue weighted by molar-refractivity contribution is 5.99. The molecule has 2 aromatic carbocycles. The molecular weight excluding hydrogens is 398 g/mol. The first-order valence-corrected chi connectivity index (χ1v) is 10.4. The zero-order chi connectivity index (χ0) is 22.6. The first-order valence-electron chi connectivity index (χ1n) is 10.4. The predicted octanol–water partition coefficient (Wildman–Crippen LogP) is 2.88. The second kappa shape index (κ2) is 12.9. The molecule has 2 atom stereocenters. The number of hydrogen-bond donors (Lipinski definition) is 2. The fourth-order valence-corrected chi connectivity index (χ4v) is 3.21. The minimum absolute atomic E-state index is 0.0460. The van der Waals surface area contributed by atoms with Crippen LogP contribution in [0.2, 0.25) is 0 Å². The van der Waals surface area contributed by atoms with E-state index in [1.807, 2.05) is 18.2 Å². The number of methoxy groups -OCH3 is 3. The Hall–Kier alpha value is -2.61. The zero-order valence-electron chi connectivity index (χ0n) is 18.7. The number of aliphatic hydroxyl groups excluding tert-OH is 1. The van der Waals surface area contributed by atoms with Crippen molar-refractivity contribution in [1.82, 2.24) is 5.32 Å². The van der Waals surface area contributed by atoms with Crippen LogP contribution in [0.1, 0.15) is 29.3 Å². The lowest BCUT2D eigenvalue weighted by Gasteiger charge is -2.21. The normalized spacial score (nSPS) is 12.8. The van der Waals surface area contributed by atoms with E-state index in [0.29, 0.717) is 35.8 Å². The Labute approximate surface area is 184 Å². The number of benzene rings is 2. The summed E-state index contributed by atoms with van der Waals surface area (Å²) in [6.07, 6.45) is -0.216. The van der Waals surface area contributed by atoms with Gasteiger partial charge in [0.15, 0.2) is 17.3 Å². The van der Waals surface area contributed by atoms with Crippen LogP contribution in [0.5, 0.6) is 17.2 Å². The Bertz CT molecular complexity index is 786. The summed E-state index contributed by atoms with van der Waals surface area (Å²) in [6.45, 7) is 3.32. The summed E-state index contributed by atoms with van der Waals surface area (Å²) in [7, 11) is 4.63. The van der Waals surface area contributed by atoms with Gasteiger partial charge in [-0.15, -0.1) is 0 Å². The van der Waals surface area contributed by atoms with Crippen LogP contribution in [0.3, 0.4) is 0 Å². The zero-order valence-corrected chi connectivity index (χ0v) is 18.7. The van der Waals surface area contributed by atoms with Gasteiger partial charge < -0.3 is 29.4 Å². The van der Waals surface area contributed by atoms with Gasteiger partial charge in [0.2, 0.25) is 5.75 Å². The van der Waals surface area contributed by atoms with Crippen LogP contribution in [0.15, 0.2) is 42.5 Å². The second-order valence-electron chi connectivity index (χ2n) is 7.15. The molecule has 0 spiro atoms. The van der Waals surface area contributed by atoms with E-state index in [0.717, 1.165) is 18.5 Å². The SMILES string of the molecule is CCCNCC(O)COC(Cc1cc(OC)c(OC)c(OC)c1)C(=O)c1ccccc1. The van der Waals surface area contributed by atoms with Gasteiger partial charge in [0.1, 0.15) is 6.10 Å². The number of carbonyl (C=O) groups excluding carboxylic acids is 1. The summed E-state index contributed by atoms with van der Waals surface area (Å²) < 4.78 is 22.1. The summed E-state index contributed by atoms with van der Waals surface area (Å²) in [5, 5.41) is 13.4. The highest BCUT2D eigenvalue weighted by Gasteiger charge is 2.24. The molecule has 0 saturated carbocycles. The monoisotopic (exact) mass is 431 g/mol. The fraction of sp³-hybridized carbons (Fsp3) is 0.458. The van der Waals surface area contributed by atoms with Crippen molar-refractivity contribution in [1.29, 1.82) is 0 Å². The van der Waals surface area contributed by atoms with Crippen LogP contribution in [0.25, 0.3) is 0 Å². The van der Waals surface area contributed by atoms with Crippen LogP contribution >= 0.6 is 0 Å². The highest BCUT2D eigenvalue weighted by atomic mass is 16.5. The van der Waals surface area contributed by atoms with Gasteiger partial charge in [-0.1, -0.05) is 37.3 Å². The van der Waals surface area contributed by atoms with Crippen molar-refractivity contribution in [3.63, 3.8) is 0 Å². The van der Waals surface area contributed by atoms with Gasteiger partial charge in [0, 0.05) is 18.5 Å². The van der Waals surface area contributed by atoms with Crippen LogP contribution in [-0.4, -0.2) is 64.1 Å². The smallest absolute Gasteiger partial charge is 0.203 e. The van der Waals surface area contributed by atoms with Gasteiger partial charge in [-0.3, -0.25) is 4.79 Å². The Morgan fingerprint density at radius 1 is 1.03 bits per heavy atom. The number of carbonyl (C=O) groups is 1. The third-order valence-corrected chi connectivity index (χ3v) is 4.79. The van der Waals surface area contributed by atoms with E-state index in [4.69, 9.17) is 18.9 Å². The maximum absolute atomic E-state index is 13.1. The first-order chi connectivity index (χ1) is 15.0. The fourth-order valence-electron chi connectivity index (χ4n) is 3.21. The molecule has 2 aromatic rings. The maximum atomic E-state index is 13.1. The van der Waals surface area contributed by atoms with Crippen molar-refractivity contribution in [2.75, 3.05) is 41.0 Å². The Kier molecular flexibility index (Phi) is 10.3. The topological polar surface area (TPSA) is 86.2 Å². The first kappa shape index (κ1) is 24.7. The molecule has 0 bridgehead atoms. The third-order valence-electron chi connectivity index (χ3n) is 4.79. The van der Waals surface area contributed by atoms with Crippen LogP contribution in [0.4, 0.5) is 0 Å². The van der Waals surface area contributed by atoms with Crippen molar-refractivity contribution in [3.8, 4) is 17.2 Å². The van der Waals surface area contributed by atoms with Crippen LogP contribution in [-0.2, 0) is 11.2 Å². The molecule has 0 radical (unpaired) electrons. The summed E-state index contributed by atoms with van der Waals surface area (Å²) in [5.74, 6) is 1.35. The second-order valence-corrected chi connectivity index (χ2v) is 7.15. The van der Waals surface area contributed by atoms with E-state index in [1.54, 1.807) is 45.6 Å². The van der Waals surface area contributed by atoms with E-state index in [-0.39, 0.29) is 12.4 Å². The van der Waals surface area contributed by atoms with Crippen molar-refractivity contribution in [3.05, 3.63) is 53.6 Å². The minimum Gasteiger partial charge on any atom is -0.493 e. The number of hydrogen-bond acceptors (Lipinski definition) is 7. The number of Topliss-reactive ketones (excluding diaryl/α,β-unsaturated/α-hetero) is 1. The number of rotatable bonds is 14. The Balaban J connectivity index is 2.23. The molecule has 0 fully saturated rings. The molecule has 7 nitrogen and oxygen atoms in total. The average molecular weight is 432 g/mol. The highest BCUT2D eigenvalue weighted by Crippen LogP contribution is 2.38. The molecule has 2 rings (SSSR count). The summed E-state index contributed by atoms with van der Waals surface area (Å²) in [4.78, 5) is 13.1. The van der Waals surface area contributed by atoms with Gasteiger partial charge in [0.25, 0.3) is 0 Å². The van der Waals surface area contributed by atoms with Crippen LogP contribution < -0.4 is 19.5 Å². The van der Waals surface area contributed by atoms with Gasteiger partial charge in [0.05, 0.1) is 34.0 Å². The van der Waals surface area contributed by atoms with E-state index in [1.165, 1.54) is 0 Å². The largest absolute Gasteiger partial charge is 0.493 e. The van der Waals surface area contributed by atoms with Gasteiger partial charge >= 0.3 is 0 Å². The molecule has 0 amide bonds. The Morgan fingerprint density at radius 3 is 2.23 bits per heavy atom. The Morgan fingerprint density at radius 2 is 1.68 bits per heavy atom. The number of ketones is 1. The summed E-state index contributed by atoms with van der Waals surface area (Å²) in [6, 6.07) is 12.6. The quantitative estimate of drug-likeness (QED) is 0.351. The molecule has 7 heteroatoms. The lowest BCUT2D eigenvalue weighted by molar-refractivity contribution is -0.00165. The molecule has 31 heavy (non-hydrogen) atoms. The predicted molar refractivity (Wildman–Crippen MR) is 119 cm³/mol. The molecule has 170 valence electrons. The van der Waals surface area contributed by atoms with E-state index in [2.05, 4.69) is 12.2 Å². The van der Waals surface area contributed by atoms with Gasteiger partial charge in [-0.25, -0.2) is 0 Å². The van der Waals surface area contributed by atoms with Gasteiger partial charge in [-0.2, -0.15) is 0 Å². The third kappa shape index (κ3) is 7.24. The standard InChI is InChI=1S/C24H33NO6/c1-5-11-25-15-19(26)16-31-20(23(27)18-9-7-6-8-10-18)12-17-13-21(28-2)24(30-4)22(14-17)29-3/h6-10,13-14,19-20,25-26H,5,11-12,15-16H2,1-4H3. The van der Waals surface area contributed by atoms with Crippen molar-refractivity contribution in [2.24, 2.45) is 0 Å². The molecule has 0 aromatic heterocycles. The molecule has 2 N–H and O–H groups in total. The van der Waals surface area contributed by atoms with E-state index >= 15 is 0 Å². The lowest BCUT2D eigenvalue weighted by atomic mass is 9.99. The molecule has 0 saturated heterocycles. The summed E-state index contributed by atoms with van der Waals surface area (Å²) >= 11 is 0.